The molecule has 1 spiro atoms. The molecule has 0 radical (unpaired) electrons. The van der Waals surface area contributed by atoms with Crippen LogP contribution in [0.4, 0.5) is 0 Å². The third-order valence-corrected chi connectivity index (χ3v) is 9.68. The van der Waals surface area contributed by atoms with Crippen LogP contribution in [0.2, 0.25) is 0 Å². The van der Waals surface area contributed by atoms with Crippen LogP contribution in [0.15, 0.2) is 152 Å². The first kappa shape index (κ1) is 23.7. The molecule has 0 unspecified atom stereocenters. The van der Waals surface area contributed by atoms with E-state index in [1.807, 2.05) is 18.2 Å². The van der Waals surface area contributed by atoms with Crippen molar-refractivity contribution in [1.82, 2.24) is 14.5 Å². The van der Waals surface area contributed by atoms with E-state index in [1.165, 1.54) is 49.6 Å². The summed E-state index contributed by atoms with van der Waals surface area (Å²) in [5.74, 6) is 0.749. The topological polar surface area (TPSA) is 30.7 Å². The summed E-state index contributed by atoms with van der Waals surface area (Å²) in [5.41, 5.74) is 13.8. The number of fused-ring (bicyclic) bond motifs is 13. The van der Waals surface area contributed by atoms with E-state index >= 15 is 0 Å². The molecule has 10 rings (SSSR count). The average molecular weight is 560 g/mol. The fourth-order valence-corrected chi connectivity index (χ4v) is 7.94. The van der Waals surface area contributed by atoms with E-state index in [4.69, 9.17) is 9.97 Å². The van der Waals surface area contributed by atoms with Crippen LogP contribution >= 0.6 is 0 Å². The lowest BCUT2D eigenvalue weighted by Gasteiger charge is -2.30. The van der Waals surface area contributed by atoms with Crippen molar-refractivity contribution in [3.05, 3.63) is 174 Å². The Balaban J connectivity index is 1.33. The zero-order valence-corrected chi connectivity index (χ0v) is 23.8. The number of hydrogen-bond acceptors (Lipinski definition) is 2. The van der Waals surface area contributed by atoms with Gasteiger partial charge in [-0.3, -0.25) is 0 Å². The van der Waals surface area contributed by atoms with Crippen molar-refractivity contribution in [1.29, 1.82) is 0 Å². The summed E-state index contributed by atoms with van der Waals surface area (Å²) in [4.78, 5) is 10.3. The monoisotopic (exact) mass is 559 g/mol. The second-order valence-electron chi connectivity index (χ2n) is 11.8. The van der Waals surface area contributed by atoms with Gasteiger partial charge in [-0.05, 0) is 52.1 Å². The Kier molecular flexibility index (Phi) is 4.65. The zero-order chi connectivity index (χ0) is 28.8. The van der Waals surface area contributed by atoms with E-state index in [0.717, 1.165) is 33.9 Å². The molecule has 0 bridgehead atoms. The van der Waals surface area contributed by atoms with Gasteiger partial charge in [-0.1, -0.05) is 121 Å². The van der Waals surface area contributed by atoms with Gasteiger partial charge in [-0.25, -0.2) is 9.97 Å². The van der Waals surface area contributed by atoms with Crippen molar-refractivity contribution in [2.75, 3.05) is 0 Å². The van der Waals surface area contributed by atoms with Gasteiger partial charge in [-0.15, -0.1) is 0 Å². The molecular weight excluding hydrogens is 534 g/mol. The number of aromatic nitrogens is 3. The highest BCUT2D eigenvalue weighted by Crippen LogP contribution is 2.62. The SMILES string of the molecule is c1ccc(-c2ncc3c(n2)-c2ccc(-n4c5ccccc5c5ccccc54)cc2C32c3ccccc3-c3ccccc32)cc1. The Labute approximate surface area is 254 Å². The van der Waals surface area contributed by atoms with Crippen molar-refractivity contribution in [3.63, 3.8) is 0 Å². The summed E-state index contributed by atoms with van der Waals surface area (Å²) in [6.45, 7) is 0. The fraction of sp³-hybridized carbons (Fsp3) is 0.0244. The van der Waals surface area contributed by atoms with Crippen molar-refractivity contribution in [2.45, 2.75) is 5.41 Å². The lowest BCUT2D eigenvalue weighted by atomic mass is 9.71. The third kappa shape index (κ3) is 2.91. The minimum atomic E-state index is -0.512. The van der Waals surface area contributed by atoms with E-state index in [2.05, 4.69) is 138 Å². The second-order valence-corrected chi connectivity index (χ2v) is 11.8. The molecule has 2 aromatic heterocycles. The van der Waals surface area contributed by atoms with Crippen LogP contribution in [0.25, 0.3) is 61.3 Å². The van der Waals surface area contributed by atoms with Gasteiger partial charge in [-0.2, -0.15) is 0 Å². The number of nitrogens with zero attached hydrogens (tertiary/aromatic N) is 3. The Hall–Kier alpha value is -5.80. The highest BCUT2D eigenvalue weighted by molar-refractivity contribution is 6.09. The van der Waals surface area contributed by atoms with Crippen LogP contribution in [-0.2, 0) is 5.41 Å². The summed E-state index contributed by atoms with van der Waals surface area (Å²) < 4.78 is 2.41. The summed E-state index contributed by atoms with van der Waals surface area (Å²) in [6, 6.07) is 52.4. The first-order valence-corrected chi connectivity index (χ1v) is 15.1. The Bertz CT molecular complexity index is 2350. The summed E-state index contributed by atoms with van der Waals surface area (Å²) in [6.07, 6.45) is 2.09. The van der Waals surface area contributed by atoms with Crippen molar-refractivity contribution in [2.24, 2.45) is 0 Å². The molecule has 0 N–H and O–H groups in total. The number of hydrogen-bond donors (Lipinski definition) is 0. The van der Waals surface area contributed by atoms with E-state index < -0.39 is 5.41 Å². The predicted octanol–water partition coefficient (Wildman–Crippen LogP) is 9.58. The summed E-state index contributed by atoms with van der Waals surface area (Å²) >= 11 is 0. The zero-order valence-electron chi connectivity index (χ0n) is 23.8. The van der Waals surface area contributed by atoms with Crippen LogP contribution in [0.1, 0.15) is 22.3 Å². The van der Waals surface area contributed by atoms with E-state index in [-0.39, 0.29) is 0 Å². The largest absolute Gasteiger partial charge is 0.309 e. The maximum Gasteiger partial charge on any atom is 0.159 e. The molecule has 6 aromatic carbocycles. The lowest BCUT2D eigenvalue weighted by Crippen LogP contribution is -2.26. The molecule has 3 nitrogen and oxygen atoms in total. The molecule has 0 atom stereocenters. The molecule has 44 heavy (non-hydrogen) atoms. The van der Waals surface area contributed by atoms with E-state index in [1.54, 1.807) is 0 Å². The molecule has 8 aromatic rings. The molecule has 0 fully saturated rings. The lowest BCUT2D eigenvalue weighted by molar-refractivity contribution is 0.784. The van der Waals surface area contributed by atoms with Gasteiger partial charge in [0.05, 0.1) is 22.1 Å². The minimum Gasteiger partial charge on any atom is -0.309 e. The maximum absolute atomic E-state index is 5.30. The minimum absolute atomic E-state index is 0.512. The van der Waals surface area contributed by atoms with Crippen LogP contribution in [0.5, 0.6) is 0 Å². The smallest absolute Gasteiger partial charge is 0.159 e. The van der Waals surface area contributed by atoms with Crippen molar-refractivity contribution >= 4 is 21.8 Å². The van der Waals surface area contributed by atoms with Gasteiger partial charge < -0.3 is 4.57 Å². The second kappa shape index (κ2) is 8.62. The van der Waals surface area contributed by atoms with Crippen LogP contribution in [0.3, 0.4) is 0 Å². The molecule has 204 valence electrons. The predicted molar refractivity (Wildman–Crippen MR) is 178 cm³/mol. The first-order chi connectivity index (χ1) is 21.8. The Morgan fingerprint density at radius 2 is 1.07 bits per heavy atom. The normalized spacial score (nSPS) is 13.6. The molecular formula is C41H25N3. The molecule has 0 saturated heterocycles. The molecule has 2 aliphatic rings. The van der Waals surface area contributed by atoms with E-state index in [0.29, 0.717) is 0 Å². The summed E-state index contributed by atoms with van der Waals surface area (Å²) in [7, 11) is 0. The van der Waals surface area contributed by atoms with E-state index in [9.17, 15) is 0 Å². The molecule has 2 heterocycles. The standard InChI is InChI=1S/C41H25N3/c1-2-12-26(13-3-1)40-42-25-36-39(43-40)32-23-22-27(44-37-20-10-6-16-30(37)31-17-7-11-21-38(31)44)24-35(32)41(36)33-18-8-4-14-28(33)29-15-5-9-19-34(29)41/h1-25H. The van der Waals surface area contributed by atoms with Crippen LogP contribution in [0, 0.1) is 0 Å². The number of rotatable bonds is 2. The molecule has 0 saturated carbocycles. The van der Waals surface area contributed by atoms with Gasteiger partial charge in [0.2, 0.25) is 0 Å². The molecule has 0 aliphatic heterocycles. The highest BCUT2D eigenvalue weighted by Gasteiger charge is 2.52. The third-order valence-electron chi connectivity index (χ3n) is 9.68. The summed E-state index contributed by atoms with van der Waals surface area (Å²) in [5, 5.41) is 2.52. The van der Waals surface area contributed by atoms with Gasteiger partial charge in [0.15, 0.2) is 5.82 Å². The molecule has 3 heteroatoms. The van der Waals surface area contributed by atoms with Gasteiger partial charge in [0.1, 0.15) is 0 Å². The average Bonchev–Trinajstić information content (AvgIpc) is 3.70. The van der Waals surface area contributed by atoms with Crippen LogP contribution < -0.4 is 0 Å². The van der Waals surface area contributed by atoms with Crippen molar-refractivity contribution < 1.29 is 0 Å². The molecule has 2 aliphatic carbocycles. The Morgan fingerprint density at radius 1 is 0.477 bits per heavy atom. The van der Waals surface area contributed by atoms with Crippen molar-refractivity contribution in [3.8, 4) is 39.5 Å². The molecule has 0 amide bonds. The quantitative estimate of drug-likeness (QED) is 0.211. The Morgan fingerprint density at radius 3 is 1.75 bits per heavy atom. The maximum atomic E-state index is 5.30. The number of para-hydroxylation sites is 2. The highest BCUT2D eigenvalue weighted by atomic mass is 15.0. The van der Waals surface area contributed by atoms with Crippen LogP contribution in [-0.4, -0.2) is 14.5 Å². The van der Waals surface area contributed by atoms with Gasteiger partial charge >= 0.3 is 0 Å². The van der Waals surface area contributed by atoms with Gasteiger partial charge in [0, 0.05) is 39.3 Å². The number of benzene rings is 6. The first-order valence-electron chi connectivity index (χ1n) is 15.1. The van der Waals surface area contributed by atoms with Gasteiger partial charge in [0.25, 0.3) is 0 Å². The fourth-order valence-electron chi connectivity index (χ4n) is 7.94.